The van der Waals surface area contributed by atoms with Gasteiger partial charge in [-0.15, -0.1) is 0 Å². The van der Waals surface area contributed by atoms with Gasteiger partial charge in [-0.05, 0) is 49.2 Å². The van der Waals surface area contributed by atoms with E-state index in [0.717, 1.165) is 27.2 Å². The second-order valence-corrected chi connectivity index (χ2v) is 6.15. The van der Waals surface area contributed by atoms with Crippen LogP contribution in [0.4, 0.5) is 23.1 Å². The molecule has 0 saturated heterocycles. The summed E-state index contributed by atoms with van der Waals surface area (Å²) < 4.78 is 1.06. The van der Waals surface area contributed by atoms with Gasteiger partial charge in [-0.25, -0.2) is 4.98 Å². The van der Waals surface area contributed by atoms with Crippen molar-refractivity contribution in [2.24, 2.45) is 0 Å². The number of hydrogen-bond acceptors (Lipinski definition) is 4. The van der Waals surface area contributed by atoms with Gasteiger partial charge in [0.15, 0.2) is 0 Å². The summed E-state index contributed by atoms with van der Waals surface area (Å²) in [5, 5.41) is 6.54. The number of para-hydroxylation sites is 1. The van der Waals surface area contributed by atoms with Gasteiger partial charge >= 0.3 is 0 Å². The van der Waals surface area contributed by atoms with E-state index in [9.17, 15) is 0 Å². The van der Waals surface area contributed by atoms with Gasteiger partial charge in [0.25, 0.3) is 0 Å². The van der Waals surface area contributed by atoms with Crippen LogP contribution in [0.5, 0.6) is 0 Å². The van der Waals surface area contributed by atoms with Gasteiger partial charge in [0.1, 0.15) is 5.82 Å². The SMILES string of the molecule is Cc1ccc(Nc2ccnc(Nc3ccccc3C)n2)cc1Br. The van der Waals surface area contributed by atoms with E-state index < -0.39 is 0 Å². The Morgan fingerprint density at radius 2 is 1.74 bits per heavy atom. The van der Waals surface area contributed by atoms with Crippen molar-refractivity contribution in [2.75, 3.05) is 10.6 Å². The number of rotatable bonds is 4. The molecular weight excluding hydrogens is 352 g/mol. The Kier molecular flexibility index (Phi) is 4.57. The molecule has 2 N–H and O–H groups in total. The lowest BCUT2D eigenvalue weighted by molar-refractivity contribution is 1.16. The van der Waals surface area contributed by atoms with Gasteiger partial charge in [-0.3, -0.25) is 0 Å². The summed E-state index contributed by atoms with van der Waals surface area (Å²) >= 11 is 3.54. The molecule has 0 atom stereocenters. The monoisotopic (exact) mass is 368 g/mol. The highest BCUT2D eigenvalue weighted by Crippen LogP contribution is 2.24. The molecule has 5 heteroatoms. The average Bonchev–Trinajstić information content (AvgIpc) is 2.54. The first kappa shape index (κ1) is 15.5. The van der Waals surface area contributed by atoms with E-state index in [-0.39, 0.29) is 0 Å². The van der Waals surface area contributed by atoms with Crippen molar-refractivity contribution in [1.29, 1.82) is 0 Å². The molecule has 0 unspecified atom stereocenters. The molecule has 0 radical (unpaired) electrons. The Bertz CT molecular complexity index is 833. The van der Waals surface area contributed by atoms with Crippen molar-refractivity contribution >= 4 is 39.1 Å². The zero-order valence-corrected chi connectivity index (χ0v) is 14.6. The first-order valence-electron chi connectivity index (χ1n) is 7.31. The number of anilines is 4. The molecular formula is C18H17BrN4. The van der Waals surface area contributed by atoms with Gasteiger partial charge in [-0.2, -0.15) is 4.98 Å². The van der Waals surface area contributed by atoms with Crippen LogP contribution in [-0.4, -0.2) is 9.97 Å². The van der Waals surface area contributed by atoms with Gasteiger partial charge < -0.3 is 10.6 Å². The molecule has 0 bridgehead atoms. The Hall–Kier alpha value is -2.40. The summed E-state index contributed by atoms with van der Waals surface area (Å²) in [6.45, 7) is 4.11. The molecule has 23 heavy (non-hydrogen) atoms. The summed E-state index contributed by atoms with van der Waals surface area (Å²) in [4.78, 5) is 8.79. The predicted octanol–water partition coefficient (Wildman–Crippen LogP) is 5.34. The smallest absolute Gasteiger partial charge is 0.229 e. The molecule has 0 aliphatic carbocycles. The number of nitrogens with zero attached hydrogens (tertiary/aromatic N) is 2. The second-order valence-electron chi connectivity index (χ2n) is 5.29. The van der Waals surface area contributed by atoms with Crippen molar-refractivity contribution in [3.63, 3.8) is 0 Å². The van der Waals surface area contributed by atoms with Crippen molar-refractivity contribution in [3.05, 3.63) is 70.3 Å². The third-order valence-corrected chi connectivity index (χ3v) is 4.35. The normalized spacial score (nSPS) is 10.4. The van der Waals surface area contributed by atoms with Crippen molar-refractivity contribution in [2.45, 2.75) is 13.8 Å². The van der Waals surface area contributed by atoms with Crippen LogP contribution in [0.3, 0.4) is 0 Å². The van der Waals surface area contributed by atoms with Crippen LogP contribution < -0.4 is 10.6 Å². The van der Waals surface area contributed by atoms with Crippen molar-refractivity contribution in [1.82, 2.24) is 9.97 Å². The maximum atomic E-state index is 4.51. The topological polar surface area (TPSA) is 49.8 Å². The maximum absolute atomic E-state index is 4.51. The van der Waals surface area contributed by atoms with Crippen LogP contribution in [0.2, 0.25) is 0 Å². The van der Waals surface area contributed by atoms with Crippen LogP contribution in [0, 0.1) is 13.8 Å². The standard InChI is InChI=1S/C18H17BrN4/c1-12-7-8-14(11-15(12)19)21-17-9-10-20-18(23-17)22-16-6-4-3-5-13(16)2/h3-11H,1-2H3,(H2,20,21,22,23). The van der Waals surface area contributed by atoms with Gasteiger partial charge in [0, 0.05) is 22.0 Å². The minimum Gasteiger partial charge on any atom is -0.340 e. The lowest BCUT2D eigenvalue weighted by Gasteiger charge is -2.10. The van der Waals surface area contributed by atoms with E-state index in [2.05, 4.69) is 49.5 Å². The van der Waals surface area contributed by atoms with E-state index >= 15 is 0 Å². The molecule has 0 amide bonds. The average molecular weight is 369 g/mol. The molecule has 1 aromatic heterocycles. The van der Waals surface area contributed by atoms with Crippen LogP contribution in [-0.2, 0) is 0 Å². The van der Waals surface area contributed by atoms with Crippen molar-refractivity contribution < 1.29 is 0 Å². The fraction of sp³-hybridized carbons (Fsp3) is 0.111. The van der Waals surface area contributed by atoms with Crippen LogP contribution in [0.25, 0.3) is 0 Å². The van der Waals surface area contributed by atoms with E-state index in [1.165, 1.54) is 5.56 Å². The highest BCUT2D eigenvalue weighted by molar-refractivity contribution is 9.10. The molecule has 0 spiro atoms. The number of aryl methyl sites for hydroxylation is 2. The minimum atomic E-state index is 0.565. The van der Waals surface area contributed by atoms with E-state index in [1.807, 2.05) is 49.4 Å². The molecule has 0 aliphatic rings. The van der Waals surface area contributed by atoms with E-state index in [1.54, 1.807) is 6.20 Å². The quantitative estimate of drug-likeness (QED) is 0.652. The number of halogens is 1. The minimum absolute atomic E-state index is 0.565. The van der Waals surface area contributed by atoms with Gasteiger partial charge in [0.2, 0.25) is 5.95 Å². The van der Waals surface area contributed by atoms with Crippen molar-refractivity contribution in [3.8, 4) is 0 Å². The molecule has 1 heterocycles. The molecule has 2 aromatic carbocycles. The number of benzene rings is 2. The van der Waals surface area contributed by atoms with Crippen LogP contribution in [0.15, 0.2) is 59.2 Å². The first-order chi connectivity index (χ1) is 11.1. The first-order valence-corrected chi connectivity index (χ1v) is 8.10. The maximum Gasteiger partial charge on any atom is 0.229 e. The van der Waals surface area contributed by atoms with E-state index in [0.29, 0.717) is 5.95 Å². The third-order valence-electron chi connectivity index (χ3n) is 3.49. The summed E-state index contributed by atoms with van der Waals surface area (Å²) in [5.41, 5.74) is 4.32. The largest absolute Gasteiger partial charge is 0.340 e. The molecule has 3 rings (SSSR count). The molecule has 3 aromatic rings. The highest BCUT2D eigenvalue weighted by Gasteiger charge is 2.03. The summed E-state index contributed by atoms with van der Waals surface area (Å²) in [6, 6.07) is 16.0. The lowest BCUT2D eigenvalue weighted by atomic mass is 10.2. The highest BCUT2D eigenvalue weighted by atomic mass is 79.9. The molecule has 116 valence electrons. The van der Waals surface area contributed by atoms with Crippen LogP contribution >= 0.6 is 15.9 Å². The van der Waals surface area contributed by atoms with Gasteiger partial charge in [0.05, 0.1) is 0 Å². The Morgan fingerprint density at radius 1 is 0.913 bits per heavy atom. The Labute approximate surface area is 144 Å². The second kappa shape index (κ2) is 6.79. The molecule has 0 fully saturated rings. The summed E-state index contributed by atoms with van der Waals surface area (Å²) in [6.07, 6.45) is 1.74. The van der Waals surface area contributed by atoms with E-state index in [4.69, 9.17) is 0 Å². The number of hydrogen-bond donors (Lipinski definition) is 2. The fourth-order valence-electron chi connectivity index (χ4n) is 2.14. The Morgan fingerprint density at radius 3 is 2.52 bits per heavy atom. The predicted molar refractivity (Wildman–Crippen MR) is 98.7 cm³/mol. The lowest BCUT2D eigenvalue weighted by Crippen LogP contribution is -2.01. The fourth-order valence-corrected chi connectivity index (χ4v) is 2.52. The van der Waals surface area contributed by atoms with Gasteiger partial charge in [-0.1, -0.05) is 40.2 Å². The Balaban J connectivity index is 1.79. The zero-order chi connectivity index (χ0) is 16.2. The van der Waals surface area contributed by atoms with Crippen LogP contribution in [0.1, 0.15) is 11.1 Å². The molecule has 4 nitrogen and oxygen atoms in total. The zero-order valence-electron chi connectivity index (χ0n) is 13.0. The summed E-state index contributed by atoms with van der Waals surface area (Å²) in [5.74, 6) is 1.31. The number of aromatic nitrogens is 2. The summed E-state index contributed by atoms with van der Waals surface area (Å²) in [7, 11) is 0. The molecule has 0 saturated carbocycles. The third kappa shape index (κ3) is 3.87. The molecule has 0 aliphatic heterocycles. The number of nitrogens with one attached hydrogen (secondary N) is 2.